The van der Waals surface area contributed by atoms with E-state index in [0.29, 0.717) is 5.69 Å². The number of esters is 1. The predicted molar refractivity (Wildman–Crippen MR) is 66.5 cm³/mol. The molecule has 0 saturated heterocycles. The van der Waals surface area contributed by atoms with Crippen LogP contribution in [0.25, 0.3) is 6.08 Å². The Labute approximate surface area is 100 Å². The normalized spacial score (nSPS) is 10.3. The maximum atomic E-state index is 11.0. The molecule has 1 rings (SSSR count). The van der Waals surface area contributed by atoms with E-state index in [4.69, 9.17) is 0 Å². The lowest BCUT2D eigenvalue weighted by molar-refractivity contribution is -0.134. The van der Waals surface area contributed by atoms with Crippen LogP contribution >= 0.6 is 0 Å². The Morgan fingerprint density at radius 3 is 2.65 bits per heavy atom. The van der Waals surface area contributed by atoms with Crippen LogP contribution in [0.4, 0.5) is 5.69 Å². The number of methoxy groups -OCH3 is 1. The number of benzene rings is 1. The maximum absolute atomic E-state index is 11.0. The van der Waals surface area contributed by atoms with Crippen LogP contribution in [0.2, 0.25) is 0 Å². The molecule has 0 atom stereocenters. The predicted octanol–water partition coefficient (Wildman–Crippen LogP) is 2.14. The minimum Gasteiger partial charge on any atom is -0.466 e. The molecule has 1 aromatic rings. The third kappa shape index (κ3) is 3.75. The largest absolute Gasteiger partial charge is 0.466 e. The zero-order valence-electron chi connectivity index (χ0n) is 10.1. The summed E-state index contributed by atoms with van der Waals surface area (Å²) in [6, 6.07) is 5.53. The van der Waals surface area contributed by atoms with Crippen molar-refractivity contribution in [2.24, 2.45) is 0 Å². The monoisotopic (exact) mass is 233 g/mol. The SMILES string of the molecule is COC(=O)/C=C/c1c(C)cccc1NC(C)=O. The molecule has 0 aromatic heterocycles. The number of hydrogen-bond donors (Lipinski definition) is 1. The van der Waals surface area contributed by atoms with Crippen molar-refractivity contribution in [3.8, 4) is 0 Å². The molecule has 0 spiro atoms. The molecule has 0 unspecified atom stereocenters. The first-order valence-electron chi connectivity index (χ1n) is 5.18. The van der Waals surface area contributed by atoms with Gasteiger partial charge in [0.05, 0.1) is 7.11 Å². The minimum atomic E-state index is -0.429. The van der Waals surface area contributed by atoms with Crippen LogP contribution in [0, 0.1) is 6.92 Å². The van der Waals surface area contributed by atoms with Gasteiger partial charge in [-0.15, -0.1) is 0 Å². The molecule has 90 valence electrons. The van der Waals surface area contributed by atoms with Gasteiger partial charge in [0, 0.05) is 24.3 Å². The second-order valence-electron chi connectivity index (χ2n) is 3.57. The van der Waals surface area contributed by atoms with Gasteiger partial charge in [0.15, 0.2) is 0 Å². The summed E-state index contributed by atoms with van der Waals surface area (Å²) in [5, 5.41) is 2.71. The Bertz CT molecular complexity index is 464. The summed E-state index contributed by atoms with van der Waals surface area (Å²) >= 11 is 0. The molecule has 0 heterocycles. The van der Waals surface area contributed by atoms with E-state index in [-0.39, 0.29) is 5.91 Å². The Balaban J connectivity index is 3.07. The average molecular weight is 233 g/mol. The van der Waals surface area contributed by atoms with Gasteiger partial charge < -0.3 is 10.1 Å². The van der Waals surface area contributed by atoms with Gasteiger partial charge in [0.1, 0.15) is 0 Å². The molecule has 1 aromatic carbocycles. The number of amides is 1. The second kappa shape index (κ2) is 5.84. The van der Waals surface area contributed by atoms with Gasteiger partial charge in [-0.3, -0.25) is 4.79 Å². The molecule has 17 heavy (non-hydrogen) atoms. The van der Waals surface area contributed by atoms with Crippen LogP contribution in [-0.2, 0) is 14.3 Å². The van der Waals surface area contributed by atoms with Crippen molar-refractivity contribution < 1.29 is 14.3 Å². The highest BCUT2D eigenvalue weighted by atomic mass is 16.5. The first-order valence-corrected chi connectivity index (χ1v) is 5.18. The Morgan fingerprint density at radius 1 is 1.35 bits per heavy atom. The molecule has 1 amide bonds. The van der Waals surface area contributed by atoms with E-state index in [9.17, 15) is 9.59 Å². The summed E-state index contributed by atoms with van der Waals surface area (Å²) in [5.41, 5.74) is 2.45. The van der Waals surface area contributed by atoms with Crippen molar-refractivity contribution in [2.45, 2.75) is 13.8 Å². The van der Waals surface area contributed by atoms with E-state index in [1.807, 2.05) is 19.1 Å². The molecule has 4 nitrogen and oxygen atoms in total. The highest BCUT2D eigenvalue weighted by Gasteiger charge is 2.04. The van der Waals surface area contributed by atoms with Gasteiger partial charge in [-0.25, -0.2) is 4.79 Å². The quantitative estimate of drug-likeness (QED) is 0.642. The van der Waals surface area contributed by atoms with E-state index >= 15 is 0 Å². The van der Waals surface area contributed by atoms with Crippen LogP contribution in [-0.4, -0.2) is 19.0 Å². The summed E-state index contributed by atoms with van der Waals surface area (Å²) in [7, 11) is 1.32. The molecule has 4 heteroatoms. The number of nitrogens with one attached hydrogen (secondary N) is 1. The fourth-order valence-corrected chi connectivity index (χ4v) is 1.42. The first kappa shape index (κ1) is 13.0. The lowest BCUT2D eigenvalue weighted by atomic mass is 10.1. The highest BCUT2D eigenvalue weighted by molar-refractivity contribution is 5.94. The van der Waals surface area contributed by atoms with Crippen molar-refractivity contribution in [1.82, 2.24) is 0 Å². The lowest BCUT2D eigenvalue weighted by Gasteiger charge is -2.09. The molecular weight excluding hydrogens is 218 g/mol. The number of carbonyl (C=O) groups excluding carboxylic acids is 2. The van der Waals surface area contributed by atoms with Crippen LogP contribution in [0.15, 0.2) is 24.3 Å². The number of ether oxygens (including phenoxy) is 1. The van der Waals surface area contributed by atoms with Gasteiger partial charge in [0.2, 0.25) is 5.91 Å². The Morgan fingerprint density at radius 2 is 2.06 bits per heavy atom. The number of hydrogen-bond acceptors (Lipinski definition) is 3. The smallest absolute Gasteiger partial charge is 0.330 e. The highest BCUT2D eigenvalue weighted by Crippen LogP contribution is 2.21. The van der Waals surface area contributed by atoms with Gasteiger partial charge in [-0.1, -0.05) is 12.1 Å². The summed E-state index contributed by atoms with van der Waals surface area (Å²) < 4.78 is 4.52. The lowest BCUT2D eigenvalue weighted by Crippen LogP contribution is -2.07. The average Bonchev–Trinajstić information content (AvgIpc) is 2.27. The summed E-state index contributed by atoms with van der Waals surface area (Å²) in [6.07, 6.45) is 2.96. The van der Waals surface area contributed by atoms with Gasteiger partial charge in [0.25, 0.3) is 0 Å². The van der Waals surface area contributed by atoms with Crippen molar-refractivity contribution in [2.75, 3.05) is 12.4 Å². The molecule has 0 aliphatic carbocycles. The topological polar surface area (TPSA) is 55.4 Å². The number of anilines is 1. The van der Waals surface area contributed by atoms with Gasteiger partial charge in [-0.2, -0.15) is 0 Å². The number of carbonyl (C=O) groups is 2. The number of aryl methyl sites for hydroxylation is 1. The standard InChI is InChI=1S/C13H15NO3/c1-9-5-4-6-12(14-10(2)15)11(9)7-8-13(16)17-3/h4-8H,1-3H3,(H,14,15)/b8-7+. The van der Waals surface area contributed by atoms with Crippen molar-refractivity contribution in [3.05, 3.63) is 35.4 Å². The molecule has 0 fully saturated rings. The molecule has 0 aliphatic heterocycles. The van der Waals surface area contributed by atoms with E-state index in [0.717, 1.165) is 11.1 Å². The van der Waals surface area contributed by atoms with E-state index in [2.05, 4.69) is 10.1 Å². The van der Waals surface area contributed by atoms with Crippen molar-refractivity contribution >= 4 is 23.6 Å². The zero-order chi connectivity index (χ0) is 12.8. The molecular formula is C13H15NO3. The summed E-state index contributed by atoms with van der Waals surface area (Å²) in [4.78, 5) is 22.1. The molecule has 0 radical (unpaired) electrons. The molecule has 1 N–H and O–H groups in total. The van der Waals surface area contributed by atoms with E-state index in [1.54, 1.807) is 12.1 Å². The van der Waals surface area contributed by atoms with Crippen LogP contribution in [0.3, 0.4) is 0 Å². The van der Waals surface area contributed by atoms with E-state index < -0.39 is 5.97 Å². The second-order valence-corrected chi connectivity index (χ2v) is 3.57. The van der Waals surface area contributed by atoms with Crippen molar-refractivity contribution in [1.29, 1.82) is 0 Å². The fraction of sp³-hybridized carbons (Fsp3) is 0.231. The van der Waals surface area contributed by atoms with Crippen LogP contribution in [0.5, 0.6) is 0 Å². The maximum Gasteiger partial charge on any atom is 0.330 e. The summed E-state index contributed by atoms with van der Waals surface area (Å²) in [5.74, 6) is -0.578. The number of rotatable bonds is 3. The fourth-order valence-electron chi connectivity index (χ4n) is 1.42. The van der Waals surface area contributed by atoms with Crippen molar-refractivity contribution in [3.63, 3.8) is 0 Å². The summed E-state index contributed by atoms with van der Waals surface area (Å²) in [6.45, 7) is 3.35. The zero-order valence-corrected chi connectivity index (χ0v) is 10.1. The van der Waals surface area contributed by atoms with E-state index in [1.165, 1.54) is 20.1 Å². The molecule has 0 bridgehead atoms. The molecule has 0 saturated carbocycles. The third-order valence-electron chi connectivity index (χ3n) is 2.22. The van der Waals surface area contributed by atoms with Gasteiger partial charge in [-0.05, 0) is 24.6 Å². The van der Waals surface area contributed by atoms with Crippen LogP contribution in [0.1, 0.15) is 18.1 Å². The Hall–Kier alpha value is -2.10. The van der Waals surface area contributed by atoms with Crippen LogP contribution < -0.4 is 5.32 Å². The molecule has 0 aliphatic rings. The minimum absolute atomic E-state index is 0.150. The first-order chi connectivity index (χ1) is 8.04. The Kier molecular flexibility index (Phi) is 4.46. The van der Waals surface area contributed by atoms with Gasteiger partial charge >= 0.3 is 5.97 Å². The third-order valence-corrected chi connectivity index (χ3v) is 2.22.